The average Bonchev–Trinajstić information content (AvgIpc) is 2.78. The lowest BCUT2D eigenvalue weighted by atomic mass is 9.92. The minimum Gasteiger partial charge on any atom is -0.233 e. The van der Waals surface area contributed by atoms with Crippen LogP contribution in [-0.2, 0) is 10.3 Å². The highest BCUT2D eigenvalue weighted by atomic mass is 32.2. The quantitative estimate of drug-likeness (QED) is 0.697. The largest absolute Gasteiger partial charge is 0.511 e. The fourth-order valence-electron chi connectivity index (χ4n) is 2.92. The van der Waals surface area contributed by atoms with E-state index in [0.29, 0.717) is 5.69 Å². The van der Waals surface area contributed by atoms with E-state index in [0.717, 1.165) is 33.2 Å². The maximum atomic E-state index is 11.5. The Labute approximate surface area is 118 Å². The van der Waals surface area contributed by atoms with Crippen molar-refractivity contribution in [1.82, 2.24) is 0 Å². The van der Waals surface area contributed by atoms with Crippen molar-refractivity contribution in [2.24, 2.45) is 0 Å². The Kier molecular flexibility index (Phi) is 3.11. The third kappa shape index (κ3) is 2.03. The van der Waals surface area contributed by atoms with Gasteiger partial charge in [-0.15, -0.1) is 8.42 Å². The van der Waals surface area contributed by atoms with Gasteiger partial charge in [0, 0.05) is 11.6 Å². The highest BCUT2D eigenvalue weighted by Gasteiger charge is 2.38. The van der Waals surface area contributed by atoms with Crippen molar-refractivity contribution in [3.63, 3.8) is 0 Å². The Balaban J connectivity index is 2.31. The van der Waals surface area contributed by atoms with E-state index in [4.69, 9.17) is 0 Å². The zero-order valence-electron chi connectivity index (χ0n) is 11.2. The summed E-state index contributed by atoms with van der Waals surface area (Å²) < 4.78 is 33.4. The summed E-state index contributed by atoms with van der Waals surface area (Å²) >= 11 is 0. The van der Waals surface area contributed by atoms with Crippen LogP contribution in [0.3, 0.4) is 0 Å². The first kappa shape index (κ1) is 13.3. The van der Waals surface area contributed by atoms with Crippen LogP contribution >= 0.6 is 0 Å². The molecule has 0 saturated carbocycles. The monoisotopic (exact) mass is 290 g/mol. The molecule has 0 spiro atoms. The highest BCUT2D eigenvalue weighted by molar-refractivity contribution is 7.79. The Morgan fingerprint density at radius 2 is 1.95 bits per heavy atom. The van der Waals surface area contributed by atoms with Gasteiger partial charge in [-0.25, -0.2) is 4.55 Å². The second-order valence-corrected chi connectivity index (χ2v) is 6.33. The molecule has 1 unspecified atom stereocenters. The third-order valence-electron chi connectivity index (χ3n) is 3.72. The number of nitrogens with zero attached hydrogens (tertiary/aromatic N) is 1. The molecule has 0 aromatic heterocycles. The van der Waals surface area contributed by atoms with Crippen LogP contribution in [0.25, 0.3) is 10.8 Å². The number of hydrogen-bond donors (Lipinski definition) is 1. The summed E-state index contributed by atoms with van der Waals surface area (Å²) in [7, 11) is -4.26. The van der Waals surface area contributed by atoms with Gasteiger partial charge in [-0.1, -0.05) is 41.6 Å². The minimum atomic E-state index is -4.26. The van der Waals surface area contributed by atoms with E-state index in [1.807, 2.05) is 30.3 Å². The maximum absolute atomic E-state index is 11.5. The van der Waals surface area contributed by atoms with Gasteiger partial charge >= 0.3 is 10.3 Å². The first-order valence-electron chi connectivity index (χ1n) is 6.66. The molecule has 1 atom stereocenters. The van der Waals surface area contributed by atoms with Crippen molar-refractivity contribution in [3.05, 3.63) is 42.0 Å². The van der Waals surface area contributed by atoms with Gasteiger partial charge in [0.15, 0.2) is 6.21 Å². The Morgan fingerprint density at radius 3 is 2.65 bits per heavy atom. The van der Waals surface area contributed by atoms with Crippen LogP contribution in [0.1, 0.15) is 31.2 Å². The average molecular weight is 290 g/mol. The molecule has 2 aromatic rings. The van der Waals surface area contributed by atoms with Gasteiger partial charge in [-0.05, 0) is 23.3 Å². The molecule has 1 heterocycles. The topological polar surface area (TPSA) is 57.4 Å². The number of rotatable bonds is 3. The van der Waals surface area contributed by atoms with Crippen LogP contribution in [0.15, 0.2) is 36.4 Å². The minimum absolute atomic E-state index is 0.0167. The lowest BCUT2D eigenvalue weighted by Crippen LogP contribution is -2.14. The third-order valence-corrected chi connectivity index (χ3v) is 4.54. The summed E-state index contributed by atoms with van der Waals surface area (Å²) in [6.07, 6.45) is 3.41. The van der Waals surface area contributed by atoms with Crippen LogP contribution in [0.4, 0.5) is 5.69 Å². The van der Waals surface area contributed by atoms with Crippen molar-refractivity contribution in [2.75, 3.05) is 0 Å². The maximum Gasteiger partial charge on any atom is 0.511 e. The molecule has 0 bridgehead atoms. The fourth-order valence-corrected chi connectivity index (χ4v) is 3.62. The molecule has 104 valence electrons. The predicted molar refractivity (Wildman–Crippen MR) is 79.1 cm³/mol. The van der Waals surface area contributed by atoms with Crippen molar-refractivity contribution in [1.29, 1.82) is 0 Å². The molecule has 0 fully saturated rings. The van der Waals surface area contributed by atoms with E-state index in [1.165, 1.54) is 0 Å². The summed E-state index contributed by atoms with van der Waals surface area (Å²) in [5.41, 5.74) is 1.55. The first-order valence-corrected chi connectivity index (χ1v) is 8.05. The van der Waals surface area contributed by atoms with E-state index >= 15 is 0 Å². The standard InChI is InChI=1S/C15H15NO3S/c1-2-5-12-10-16(20(17,18)19)14-9-8-11-6-3-4-7-13(11)15(12)14/h3-4,6-10,12H,2,5H2,1H3/p+1. The van der Waals surface area contributed by atoms with Gasteiger partial charge in [0.25, 0.3) is 0 Å². The summed E-state index contributed by atoms with van der Waals surface area (Å²) in [5.74, 6) is 0.0167. The van der Waals surface area contributed by atoms with Crippen molar-refractivity contribution < 1.29 is 17.0 Å². The molecular weight excluding hydrogens is 274 g/mol. The zero-order valence-corrected chi connectivity index (χ0v) is 12.0. The van der Waals surface area contributed by atoms with E-state index < -0.39 is 10.3 Å². The summed E-state index contributed by atoms with van der Waals surface area (Å²) in [6.45, 7) is 2.06. The Hall–Kier alpha value is -1.72. The molecule has 0 amide bonds. The van der Waals surface area contributed by atoms with Crippen molar-refractivity contribution >= 4 is 33.0 Å². The second-order valence-electron chi connectivity index (χ2n) is 5.04. The number of fused-ring (bicyclic) bond motifs is 3. The molecule has 1 aliphatic rings. The molecule has 0 saturated heterocycles. The summed E-state index contributed by atoms with van der Waals surface area (Å²) in [6, 6.07) is 11.6. The summed E-state index contributed by atoms with van der Waals surface area (Å²) in [4.78, 5) is 0. The van der Waals surface area contributed by atoms with E-state index in [1.54, 1.807) is 12.3 Å². The van der Waals surface area contributed by atoms with Gasteiger partial charge in [-0.3, -0.25) is 0 Å². The smallest absolute Gasteiger partial charge is 0.233 e. The number of benzene rings is 2. The van der Waals surface area contributed by atoms with Gasteiger partial charge in [0.2, 0.25) is 5.69 Å². The molecule has 4 nitrogen and oxygen atoms in total. The molecular formula is C15H16NO3S+. The predicted octanol–water partition coefficient (Wildman–Crippen LogP) is 3.25. The fraction of sp³-hybridized carbons (Fsp3) is 0.267. The lowest BCUT2D eigenvalue weighted by molar-refractivity contribution is -0.264. The van der Waals surface area contributed by atoms with Crippen LogP contribution in [0.5, 0.6) is 0 Å². The lowest BCUT2D eigenvalue weighted by Gasteiger charge is -2.07. The van der Waals surface area contributed by atoms with Gasteiger partial charge in [0.1, 0.15) is 0 Å². The Bertz CT molecular complexity index is 809. The van der Waals surface area contributed by atoms with Crippen molar-refractivity contribution in [2.45, 2.75) is 25.7 Å². The van der Waals surface area contributed by atoms with Gasteiger partial charge in [0.05, 0.1) is 5.92 Å². The van der Waals surface area contributed by atoms with Gasteiger partial charge < -0.3 is 0 Å². The molecule has 20 heavy (non-hydrogen) atoms. The van der Waals surface area contributed by atoms with Crippen LogP contribution in [0.2, 0.25) is 0 Å². The molecule has 1 N–H and O–H groups in total. The molecule has 3 rings (SSSR count). The van der Waals surface area contributed by atoms with Crippen molar-refractivity contribution in [3.8, 4) is 0 Å². The normalized spacial score (nSPS) is 18.1. The number of hydrogen-bond acceptors (Lipinski definition) is 2. The van der Waals surface area contributed by atoms with Crippen LogP contribution in [-0.4, -0.2) is 23.2 Å². The molecule has 2 aromatic carbocycles. The molecule has 0 radical (unpaired) electrons. The SMILES string of the molecule is CCCC1C=[N+](S(=O)(=O)O)c2ccc3ccccc3c21. The van der Waals surface area contributed by atoms with E-state index in [-0.39, 0.29) is 5.92 Å². The van der Waals surface area contributed by atoms with E-state index in [9.17, 15) is 13.0 Å². The molecule has 5 heteroatoms. The molecule has 1 aliphatic heterocycles. The zero-order chi connectivity index (χ0) is 14.3. The first-order chi connectivity index (χ1) is 9.52. The Morgan fingerprint density at radius 1 is 1.20 bits per heavy atom. The second kappa shape index (κ2) is 4.68. The molecule has 0 aliphatic carbocycles. The van der Waals surface area contributed by atoms with Crippen LogP contribution in [0, 0.1) is 0 Å². The van der Waals surface area contributed by atoms with E-state index in [2.05, 4.69) is 6.92 Å². The van der Waals surface area contributed by atoms with Gasteiger partial charge in [-0.2, -0.15) is 0 Å². The highest BCUT2D eigenvalue weighted by Crippen LogP contribution is 2.40. The summed E-state index contributed by atoms with van der Waals surface area (Å²) in [5, 5.41) is 2.13. The van der Waals surface area contributed by atoms with Crippen LogP contribution < -0.4 is 0 Å².